The van der Waals surface area contributed by atoms with Crippen LogP contribution in [0.1, 0.15) is 5.69 Å². The Kier molecular flexibility index (Phi) is 3.75. The van der Waals surface area contributed by atoms with Crippen LogP contribution in [0.25, 0.3) is 0 Å². The van der Waals surface area contributed by atoms with E-state index in [0.29, 0.717) is 0 Å². The van der Waals surface area contributed by atoms with Crippen molar-refractivity contribution >= 4 is 23.4 Å². The molecule has 0 saturated heterocycles. The van der Waals surface area contributed by atoms with E-state index < -0.39 is 10.8 Å². The molecular formula is C8H12N6O3. The van der Waals surface area contributed by atoms with Crippen molar-refractivity contribution in [2.24, 2.45) is 5.73 Å². The number of nitrogens with zero attached hydrogens (tertiary/aromatic N) is 3. The molecule has 0 spiro atoms. The number of hydrogen-bond donors (Lipinski definition) is 3. The van der Waals surface area contributed by atoms with E-state index in [9.17, 15) is 14.9 Å². The average molecular weight is 240 g/mol. The molecule has 0 aromatic carbocycles. The number of hydrogen-bond acceptors (Lipinski definition) is 7. The maximum Gasteiger partial charge on any atom is 0.332 e. The lowest BCUT2D eigenvalue weighted by Gasteiger charge is -2.07. The summed E-state index contributed by atoms with van der Waals surface area (Å²) in [4.78, 5) is 28.6. The lowest BCUT2D eigenvalue weighted by atomic mass is 10.3. The van der Waals surface area contributed by atoms with Crippen molar-refractivity contribution in [3.8, 4) is 0 Å². The molecule has 1 heterocycles. The second-order valence-electron chi connectivity index (χ2n) is 3.16. The fraction of sp³-hybridized carbons (Fsp3) is 0.375. The maximum absolute atomic E-state index is 10.8. The van der Waals surface area contributed by atoms with E-state index in [2.05, 4.69) is 20.6 Å². The van der Waals surface area contributed by atoms with E-state index in [1.165, 1.54) is 6.92 Å². The minimum Gasteiger partial charge on any atom is -0.368 e. The van der Waals surface area contributed by atoms with Gasteiger partial charge in [-0.25, -0.2) is 4.98 Å². The third kappa shape index (κ3) is 3.00. The second-order valence-corrected chi connectivity index (χ2v) is 3.16. The van der Waals surface area contributed by atoms with E-state index in [4.69, 9.17) is 5.73 Å². The molecule has 1 aromatic heterocycles. The van der Waals surface area contributed by atoms with Gasteiger partial charge >= 0.3 is 5.69 Å². The highest BCUT2D eigenvalue weighted by atomic mass is 16.6. The van der Waals surface area contributed by atoms with Gasteiger partial charge in [0.2, 0.25) is 17.7 Å². The van der Waals surface area contributed by atoms with Gasteiger partial charge in [-0.3, -0.25) is 14.9 Å². The summed E-state index contributed by atoms with van der Waals surface area (Å²) in [5.74, 6) is -0.452. The normalized spacial score (nSPS) is 9.76. The van der Waals surface area contributed by atoms with Crippen molar-refractivity contribution in [1.29, 1.82) is 0 Å². The van der Waals surface area contributed by atoms with E-state index in [-0.39, 0.29) is 29.7 Å². The zero-order chi connectivity index (χ0) is 13.0. The molecule has 0 fully saturated rings. The van der Waals surface area contributed by atoms with E-state index in [1.54, 1.807) is 7.05 Å². The molecule has 0 saturated carbocycles. The van der Waals surface area contributed by atoms with Crippen LogP contribution in [0, 0.1) is 17.0 Å². The maximum atomic E-state index is 10.8. The first kappa shape index (κ1) is 12.6. The number of carbonyl (C=O) groups is 1. The van der Waals surface area contributed by atoms with Crippen molar-refractivity contribution in [1.82, 2.24) is 9.97 Å². The first-order chi connectivity index (χ1) is 7.95. The number of primary amides is 1. The number of aromatic nitrogens is 2. The summed E-state index contributed by atoms with van der Waals surface area (Å²) >= 11 is 0. The van der Waals surface area contributed by atoms with Crippen LogP contribution in [-0.2, 0) is 4.79 Å². The summed E-state index contributed by atoms with van der Waals surface area (Å²) in [6.45, 7) is 1.25. The number of anilines is 2. The van der Waals surface area contributed by atoms with Crippen LogP contribution in [0.3, 0.4) is 0 Å². The van der Waals surface area contributed by atoms with Crippen LogP contribution in [0.2, 0.25) is 0 Å². The fourth-order valence-electron chi connectivity index (χ4n) is 1.19. The Labute approximate surface area is 96.6 Å². The van der Waals surface area contributed by atoms with Crippen LogP contribution in [0.5, 0.6) is 0 Å². The lowest BCUT2D eigenvalue weighted by Crippen LogP contribution is -2.23. The van der Waals surface area contributed by atoms with Gasteiger partial charge in [0.25, 0.3) is 0 Å². The van der Waals surface area contributed by atoms with Crippen LogP contribution in [-0.4, -0.2) is 34.4 Å². The molecule has 1 amide bonds. The second kappa shape index (κ2) is 5.05. The summed E-state index contributed by atoms with van der Waals surface area (Å²) in [7, 11) is 1.58. The van der Waals surface area contributed by atoms with Gasteiger partial charge in [0.1, 0.15) is 5.69 Å². The number of rotatable bonds is 5. The Hall–Kier alpha value is -2.45. The molecule has 1 rings (SSSR count). The topological polar surface area (TPSA) is 136 Å². The zero-order valence-corrected chi connectivity index (χ0v) is 9.35. The summed E-state index contributed by atoms with van der Waals surface area (Å²) in [6, 6.07) is 0. The predicted molar refractivity (Wildman–Crippen MR) is 60.7 cm³/mol. The first-order valence-corrected chi connectivity index (χ1v) is 4.68. The molecule has 9 nitrogen and oxygen atoms in total. The third-order valence-corrected chi connectivity index (χ3v) is 1.89. The summed E-state index contributed by atoms with van der Waals surface area (Å²) in [5.41, 5.74) is 4.87. The predicted octanol–water partition coefficient (Wildman–Crippen LogP) is -0.368. The van der Waals surface area contributed by atoms with Crippen molar-refractivity contribution in [2.45, 2.75) is 6.92 Å². The number of amides is 1. The molecule has 0 unspecified atom stereocenters. The largest absolute Gasteiger partial charge is 0.368 e. The minimum atomic E-state index is -0.637. The Morgan fingerprint density at radius 1 is 1.53 bits per heavy atom. The Morgan fingerprint density at radius 2 is 2.18 bits per heavy atom. The molecule has 0 aliphatic carbocycles. The number of nitro groups is 1. The van der Waals surface area contributed by atoms with Crippen molar-refractivity contribution < 1.29 is 9.72 Å². The third-order valence-electron chi connectivity index (χ3n) is 1.89. The monoisotopic (exact) mass is 240 g/mol. The highest BCUT2D eigenvalue weighted by Crippen LogP contribution is 2.25. The van der Waals surface area contributed by atoms with Crippen molar-refractivity contribution in [3.05, 3.63) is 15.8 Å². The molecule has 0 aliphatic rings. The average Bonchev–Trinajstić information content (AvgIpc) is 2.24. The lowest BCUT2D eigenvalue weighted by molar-refractivity contribution is -0.385. The van der Waals surface area contributed by atoms with Gasteiger partial charge in [-0.05, 0) is 6.92 Å². The molecule has 0 bridgehead atoms. The van der Waals surface area contributed by atoms with Crippen LogP contribution >= 0.6 is 0 Å². The Bertz CT molecular complexity index is 461. The molecule has 17 heavy (non-hydrogen) atoms. The molecule has 0 atom stereocenters. The zero-order valence-electron chi connectivity index (χ0n) is 9.35. The molecule has 0 aliphatic heterocycles. The first-order valence-electron chi connectivity index (χ1n) is 4.68. The highest BCUT2D eigenvalue weighted by Gasteiger charge is 2.21. The summed E-state index contributed by atoms with van der Waals surface area (Å²) < 4.78 is 0. The van der Waals surface area contributed by atoms with Gasteiger partial charge in [-0.2, -0.15) is 4.98 Å². The van der Waals surface area contributed by atoms with Crippen LogP contribution in [0.15, 0.2) is 0 Å². The number of nitrogens with one attached hydrogen (secondary N) is 2. The van der Waals surface area contributed by atoms with Crippen LogP contribution in [0.4, 0.5) is 17.5 Å². The number of aryl methyl sites for hydroxylation is 1. The molecule has 4 N–H and O–H groups in total. The molecular weight excluding hydrogens is 228 g/mol. The summed E-state index contributed by atoms with van der Waals surface area (Å²) in [6.07, 6.45) is 0. The van der Waals surface area contributed by atoms with Gasteiger partial charge in [0.15, 0.2) is 0 Å². The quantitative estimate of drug-likeness (QED) is 0.471. The van der Waals surface area contributed by atoms with E-state index in [0.717, 1.165) is 0 Å². The van der Waals surface area contributed by atoms with E-state index >= 15 is 0 Å². The highest BCUT2D eigenvalue weighted by molar-refractivity contribution is 5.79. The van der Waals surface area contributed by atoms with Crippen LogP contribution < -0.4 is 16.4 Å². The van der Waals surface area contributed by atoms with Gasteiger partial charge in [0, 0.05) is 7.05 Å². The Balaban J connectivity index is 3.17. The number of carbonyl (C=O) groups excluding carboxylic acids is 1. The van der Waals surface area contributed by atoms with Gasteiger partial charge < -0.3 is 16.4 Å². The van der Waals surface area contributed by atoms with E-state index in [1.807, 2.05) is 0 Å². The molecule has 9 heteroatoms. The SMILES string of the molecule is CNc1nc(C)c([N+](=O)[O-])c(NCC(N)=O)n1. The molecule has 0 radical (unpaired) electrons. The fourth-order valence-corrected chi connectivity index (χ4v) is 1.19. The van der Waals surface area contributed by atoms with Crippen molar-refractivity contribution in [2.75, 3.05) is 24.2 Å². The standard InChI is InChI=1S/C8H12N6O3/c1-4-6(14(16)17)7(11-3-5(9)15)13-8(10-2)12-4/h3H2,1-2H3,(H2,9,15)(H2,10,11,12,13). The van der Waals surface area contributed by atoms with Gasteiger partial charge in [0.05, 0.1) is 11.5 Å². The Morgan fingerprint density at radius 3 is 2.65 bits per heavy atom. The van der Waals surface area contributed by atoms with Gasteiger partial charge in [-0.15, -0.1) is 0 Å². The molecule has 1 aromatic rings. The minimum absolute atomic E-state index is 0.0364. The number of nitrogens with two attached hydrogens (primary N) is 1. The van der Waals surface area contributed by atoms with Gasteiger partial charge in [-0.1, -0.05) is 0 Å². The summed E-state index contributed by atoms with van der Waals surface area (Å²) in [5, 5.41) is 16.0. The van der Waals surface area contributed by atoms with Crippen molar-refractivity contribution in [3.63, 3.8) is 0 Å². The smallest absolute Gasteiger partial charge is 0.332 e. The molecule has 92 valence electrons.